The lowest BCUT2D eigenvalue weighted by Gasteiger charge is -2.33. The van der Waals surface area contributed by atoms with E-state index in [1.54, 1.807) is 13.3 Å². The van der Waals surface area contributed by atoms with Gasteiger partial charge in [0.1, 0.15) is 0 Å². The van der Waals surface area contributed by atoms with E-state index in [1.807, 2.05) is 12.1 Å². The number of rotatable bonds is 7. The minimum Gasteiger partial charge on any atom is -0.481 e. The fourth-order valence-corrected chi connectivity index (χ4v) is 3.48. The molecule has 2 N–H and O–H groups in total. The molecule has 3 rings (SSSR count). The Labute approximate surface area is 168 Å². The van der Waals surface area contributed by atoms with E-state index in [4.69, 9.17) is 9.73 Å². The zero-order chi connectivity index (χ0) is 19.6. The zero-order valence-corrected chi connectivity index (χ0v) is 16.9. The maximum atomic E-state index is 5.32. The average Bonchev–Trinajstić information content (AvgIpc) is 2.74. The molecule has 0 aliphatic carbocycles. The van der Waals surface area contributed by atoms with Crippen molar-refractivity contribution in [2.45, 2.75) is 38.9 Å². The van der Waals surface area contributed by atoms with E-state index >= 15 is 0 Å². The lowest BCUT2D eigenvalue weighted by molar-refractivity contribution is 0.198. The Morgan fingerprint density at radius 1 is 1.18 bits per heavy atom. The molecule has 2 heterocycles. The number of aliphatic imine (C=N–C) groups is 1. The molecular formula is C22H31N5O. The van der Waals surface area contributed by atoms with E-state index in [0.29, 0.717) is 18.5 Å². The summed E-state index contributed by atoms with van der Waals surface area (Å²) in [5.41, 5.74) is 2.37. The van der Waals surface area contributed by atoms with Crippen LogP contribution < -0.4 is 15.4 Å². The van der Waals surface area contributed by atoms with Gasteiger partial charge in [-0.15, -0.1) is 0 Å². The molecule has 0 saturated carbocycles. The SMILES string of the molecule is CCNC(=NCc1cccnc1OC)NC1CCN(Cc2ccccc2)CC1. The average molecular weight is 382 g/mol. The number of piperidine rings is 1. The number of benzene rings is 1. The molecule has 1 fully saturated rings. The molecule has 28 heavy (non-hydrogen) atoms. The molecule has 0 amide bonds. The van der Waals surface area contributed by atoms with Gasteiger partial charge < -0.3 is 15.4 Å². The molecule has 0 bridgehead atoms. The summed E-state index contributed by atoms with van der Waals surface area (Å²) in [6.07, 6.45) is 3.97. The van der Waals surface area contributed by atoms with Crippen molar-refractivity contribution >= 4 is 5.96 Å². The second-order valence-electron chi connectivity index (χ2n) is 7.05. The van der Waals surface area contributed by atoms with Crippen LogP contribution in [0.5, 0.6) is 5.88 Å². The Morgan fingerprint density at radius 2 is 1.96 bits per heavy atom. The highest BCUT2D eigenvalue weighted by molar-refractivity contribution is 5.80. The summed E-state index contributed by atoms with van der Waals surface area (Å²) in [5, 5.41) is 6.95. The molecule has 0 atom stereocenters. The first-order valence-corrected chi connectivity index (χ1v) is 10.1. The Morgan fingerprint density at radius 3 is 2.68 bits per heavy atom. The van der Waals surface area contributed by atoms with Gasteiger partial charge in [-0.05, 0) is 31.4 Å². The number of aromatic nitrogens is 1. The van der Waals surface area contributed by atoms with Gasteiger partial charge in [-0.3, -0.25) is 4.90 Å². The predicted molar refractivity (Wildman–Crippen MR) is 113 cm³/mol. The molecule has 1 saturated heterocycles. The van der Waals surface area contributed by atoms with Crippen LogP contribution in [0.3, 0.4) is 0 Å². The minimum absolute atomic E-state index is 0.445. The lowest BCUT2D eigenvalue weighted by atomic mass is 10.0. The molecule has 0 spiro atoms. The Bertz CT molecular complexity index is 742. The van der Waals surface area contributed by atoms with Crippen molar-refractivity contribution in [2.24, 2.45) is 4.99 Å². The second-order valence-corrected chi connectivity index (χ2v) is 7.05. The number of hydrogen-bond donors (Lipinski definition) is 2. The second kappa shape index (κ2) is 10.7. The standard InChI is InChI=1S/C22H31N5O/c1-3-23-22(25-16-19-10-7-13-24-21(19)28-2)26-20-11-14-27(15-12-20)17-18-8-5-4-6-9-18/h4-10,13,20H,3,11-12,14-17H2,1-2H3,(H2,23,25,26). The summed E-state index contributed by atoms with van der Waals surface area (Å²) < 4.78 is 5.32. The highest BCUT2D eigenvalue weighted by atomic mass is 16.5. The monoisotopic (exact) mass is 381 g/mol. The van der Waals surface area contributed by atoms with Crippen LogP contribution >= 0.6 is 0 Å². The van der Waals surface area contributed by atoms with Gasteiger partial charge in [0.2, 0.25) is 5.88 Å². The molecule has 6 nitrogen and oxygen atoms in total. The maximum absolute atomic E-state index is 5.32. The van der Waals surface area contributed by atoms with Crippen molar-refractivity contribution in [2.75, 3.05) is 26.7 Å². The molecule has 150 valence electrons. The summed E-state index contributed by atoms with van der Waals surface area (Å²) in [5.74, 6) is 1.49. The van der Waals surface area contributed by atoms with Crippen molar-refractivity contribution in [3.63, 3.8) is 0 Å². The molecule has 2 aromatic rings. The molecule has 6 heteroatoms. The van der Waals surface area contributed by atoms with E-state index in [2.05, 4.69) is 57.8 Å². The van der Waals surface area contributed by atoms with Crippen molar-refractivity contribution in [1.82, 2.24) is 20.5 Å². The normalized spacial score (nSPS) is 16.0. The van der Waals surface area contributed by atoms with Crippen LogP contribution in [0.1, 0.15) is 30.9 Å². The number of ether oxygens (including phenoxy) is 1. The molecule has 0 radical (unpaired) electrons. The van der Waals surface area contributed by atoms with Crippen LogP contribution in [0.25, 0.3) is 0 Å². The van der Waals surface area contributed by atoms with Gasteiger partial charge in [0.15, 0.2) is 5.96 Å². The van der Waals surface area contributed by atoms with Crippen LogP contribution in [0.4, 0.5) is 0 Å². The van der Waals surface area contributed by atoms with E-state index in [9.17, 15) is 0 Å². The van der Waals surface area contributed by atoms with Crippen molar-refractivity contribution < 1.29 is 4.74 Å². The third-order valence-corrected chi connectivity index (χ3v) is 4.97. The number of nitrogens with zero attached hydrogens (tertiary/aromatic N) is 3. The number of likely N-dealkylation sites (tertiary alicyclic amines) is 1. The van der Waals surface area contributed by atoms with Gasteiger partial charge in [0.25, 0.3) is 0 Å². The first kappa shape index (κ1) is 20.1. The summed E-state index contributed by atoms with van der Waals surface area (Å²) in [6, 6.07) is 15.1. The van der Waals surface area contributed by atoms with Crippen LogP contribution in [0.2, 0.25) is 0 Å². The van der Waals surface area contributed by atoms with E-state index in [0.717, 1.165) is 50.5 Å². The number of hydrogen-bond acceptors (Lipinski definition) is 4. The van der Waals surface area contributed by atoms with Crippen LogP contribution in [0, 0.1) is 0 Å². The van der Waals surface area contributed by atoms with Gasteiger partial charge in [0, 0.05) is 44.0 Å². The quantitative estimate of drug-likeness (QED) is 0.570. The molecule has 1 aromatic carbocycles. The number of nitrogens with one attached hydrogen (secondary N) is 2. The van der Waals surface area contributed by atoms with Gasteiger partial charge >= 0.3 is 0 Å². The minimum atomic E-state index is 0.445. The molecule has 1 aromatic heterocycles. The van der Waals surface area contributed by atoms with Crippen LogP contribution in [-0.2, 0) is 13.1 Å². The summed E-state index contributed by atoms with van der Waals surface area (Å²) in [6.45, 7) is 6.69. The van der Waals surface area contributed by atoms with Gasteiger partial charge in [0.05, 0.1) is 13.7 Å². The number of guanidine groups is 1. The fourth-order valence-electron chi connectivity index (χ4n) is 3.48. The largest absolute Gasteiger partial charge is 0.481 e. The zero-order valence-electron chi connectivity index (χ0n) is 16.9. The van der Waals surface area contributed by atoms with Crippen molar-refractivity contribution in [3.8, 4) is 5.88 Å². The smallest absolute Gasteiger partial charge is 0.218 e. The van der Waals surface area contributed by atoms with E-state index < -0.39 is 0 Å². The third-order valence-electron chi connectivity index (χ3n) is 4.97. The fraction of sp³-hybridized carbons (Fsp3) is 0.455. The topological polar surface area (TPSA) is 61.8 Å². The first-order chi connectivity index (χ1) is 13.8. The highest BCUT2D eigenvalue weighted by Crippen LogP contribution is 2.16. The van der Waals surface area contributed by atoms with Gasteiger partial charge in [-0.1, -0.05) is 36.4 Å². The van der Waals surface area contributed by atoms with E-state index in [-0.39, 0.29) is 0 Å². The molecular weight excluding hydrogens is 350 g/mol. The van der Waals surface area contributed by atoms with Crippen molar-refractivity contribution in [1.29, 1.82) is 0 Å². The summed E-state index contributed by atoms with van der Waals surface area (Å²) >= 11 is 0. The van der Waals surface area contributed by atoms with Crippen LogP contribution in [0.15, 0.2) is 53.7 Å². The third kappa shape index (κ3) is 5.96. The Balaban J connectivity index is 1.52. The first-order valence-electron chi connectivity index (χ1n) is 10.1. The van der Waals surface area contributed by atoms with E-state index in [1.165, 1.54) is 5.56 Å². The molecule has 1 aliphatic heterocycles. The lowest BCUT2D eigenvalue weighted by Crippen LogP contribution is -2.48. The summed E-state index contributed by atoms with van der Waals surface area (Å²) in [4.78, 5) is 11.5. The van der Waals surface area contributed by atoms with Crippen molar-refractivity contribution in [3.05, 3.63) is 59.8 Å². The molecule has 1 aliphatic rings. The predicted octanol–water partition coefficient (Wildman–Crippen LogP) is 2.81. The van der Waals surface area contributed by atoms with Gasteiger partial charge in [-0.2, -0.15) is 0 Å². The number of methoxy groups -OCH3 is 1. The highest BCUT2D eigenvalue weighted by Gasteiger charge is 2.20. The maximum Gasteiger partial charge on any atom is 0.218 e. The Kier molecular flexibility index (Phi) is 7.67. The Hall–Kier alpha value is -2.60. The summed E-state index contributed by atoms with van der Waals surface area (Å²) in [7, 11) is 1.64. The molecule has 0 unspecified atom stereocenters. The number of pyridine rings is 1. The van der Waals surface area contributed by atoms with Gasteiger partial charge in [-0.25, -0.2) is 9.98 Å². The van der Waals surface area contributed by atoms with Crippen LogP contribution in [-0.4, -0.2) is 48.6 Å².